The van der Waals surface area contributed by atoms with Gasteiger partial charge in [0.15, 0.2) is 17.3 Å². The Kier molecular flexibility index (Phi) is 3.06. The molecule has 1 N–H and O–H groups in total. The van der Waals surface area contributed by atoms with Gasteiger partial charge in [0.2, 0.25) is 0 Å². The van der Waals surface area contributed by atoms with Crippen LogP contribution in [0.1, 0.15) is 28.4 Å². The molecule has 0 aromatic heterocycles. The van der Waals surface area contributed by atoms with Crippen LogP contribution in [0.3, 0.4) is 0 Å². The molecule has 0 bridgehead atoms. The Morgan fingerprint density at radius 3 is 2.70 bits per heavy atom. The Morgan fingerprint density at radius 2 is 2.00 bits per heavy atom. The van der Waals surface area contributed by atoms with Gasteiger partial charge in [-0.2, -0.15) is 0 Å². The quantitative estimate of drug-likeness (QED) is 0.911. The van der Waals surface area contributed by atoms with Crippen LogP contribution in [-0.2, 0) is 0 Å². The second-order valence-corrected chi connectivity index (χ2v) is 4.67. The largest absolute Gasteiger partial charge is 0.504 e. The van der Waals surface area contributed by atoms with Crippen molar-refractivity contribution in [1.82, 2.24) is 0 Å². The van der Waals surface area contributed by atoms with E-state index in [2.05, 4.69) is 0 Å². The second kappa shape index (κ2) is 4.89. The van der Waals surface area contributed by atoms with Crippen LogP contribution >= 0.6 is 0 Å². The summed E-state index contributed by atoms with van der Waals surface area (Å²) in [4.78, 5) is 12.2. The summed E-state index contributed by atoms with van der Waals surface area (Å²) >= 11 is 0. The molecule has 0 spiro atoms. The van der Waals surface area contributed by atoms with E-state index in [9.17, 15) is 9.90 Å². The van der Waals surface area contributed by atoms with Gasteiger partial charge in [-0.15, -0.1) is 0 Å². The van der Waals surface area contributed by atoms with Gasteiger partial charge in [0.25, 0.3) is 0 Å². The maximum Gasteiger partial charge on any atom is 0.172 e. The van der Waals surface area contributed by atoms with Crippen molar-refractivity contribution in [1.29, 1.82) is 0 Å². The molecule has 1 aliphatic heterocycles. The number of carbonyl (C=O) groups is 1. The highest BCUT2D eigenvalue weighted by molar-refractivity contribution is 6.01. The standard InChI is InChI=1S/C16H14O4/c1-19-11-7-12-13(17)9-15(10-5-3-2-4-6-10)20-16(12)14(18)8-11/h2-8,15,18H,9H2,1H3. The molecule has 102 valence electrons. The summed E-state index contributed by atoms with van der Waals surface area (Å²) in [5, 5.41) is 9.99. The first kappa shape index (κ1) is 12.5. The molecule has 0 amide bonds. The third-order valence-corrected chi connectivity index (χ3v) is 3.38. The monoisotopic (exact) mass is 270 g/mol. The van der Waals surface area contributed by atoms with E-state index in [1.54, 1.807) is 6.07 Å². The van der Waals surface area contributed by atoms with E-state index in [1.165, 1.54) is 13.2 Å². The van der Waals surface area contributed by atoms with Crippen molar-refractivity contribution < 1.29 is 19.4 Å². The summed E-state index contributed by atoms with van der Waals surface area (Å²) in [7, 11) is 1.49. The highest BCUT2D eigenvalue weighted by Crippen LogP contribution is 2.42. The fourth-order valence-corrected chi connectivity index (χ4v) is 2.35. The van der Waals surface area contributed by atoms with Crippen LogP contribution in [0.5, 0.6) is 17.2 Å². The van der Waals surface area contributed by atoms with E-state index in [1.807, 2.05) is 30.3 Å². The van der Waals surface area contributed by atoms with E-state index in [0.29, 0.717) is 11.3 Å². The number of benzene rings is 2. The van der Waals surface area contributed by atoms with Crippen molar-refractivity contribution in [3.8, 4) is 17.2 Å². The number of ketones is 1. The van der Waals surface area contributed by atoms with Crippen LogP contribution in [0.15, 0.2) is 42.5 Å². The first-order valence-electron chi connectivity index (χ1n) is 6.35. The molecule has 2 aromatic carbocycles. The number of hydrogen-bond donors (Lipinski definition) is 1. The summed E-state index contributed by atoms with van der Waals surface area (Å²) in [5.74, 6) is 0.537. The number of phenols is 1. The highest BCUT2D eigenvalue weighted by Gasteiger charge is 2.30. The van der Waals surface area contributed by atoms with Crippen LogP contribution < -0.4 is 9.47 Å². The zero-order chi connectivity index (χ0) is 14.1. The molecular weight excluding hydrogens is 256 g/mol. The average Bonchev–Trinajstić information content (AvgIpc) is 2.48. The zero-order valence-electron chi connectivity index (χ0n) is 11.0. The van der Waals surface area contributed by atoms with Crippen LogP contribution in [0.2, 0.25) is 0 Å². The van der Waals surface area contributed by atoms with Crippen LogP contribution in [-0.4, -0.2) is 18.0 Å². The van der Waals surface area contributed by atoms with E-state index >= 15 is 0 Å². The summed E-state index contributed by atoms with van der Waals surface area (Å²) in [6.07, 6.45) is -0.112. The molecule has 20 heavy (non-hydrogen) atoms. The van der Waals surface area contributed by atoms with Crippen molar-refractivity contribution in [2.75, 3.05) is 7.11 Å². The van der Waals surface area contributed by atoms with E-state index < -0.39 is 0 Å². The zero-order valence-corrected chi connectivity index (χ0v) is 11.0. The number of Topliss-reactive ketones (excluding diaryl/α,β-unsaturated/α-hetero) is 1. The third-order valence-electron chi connectivity index (χ3n) is 3.38. The molecule has 0 saturated heterocycles. The number of rotatable bonds is 2. The average molecular weight is 270 g/mol. The lowest BCUT2D eigenvalue weighted by Gasteiger charge is -2.26. The minimum atomic E-state index is -0.365. The lowest BCUT2D eigenvalue weighted by atomic mass is 9.96. The van der Waals surface area contributed by atoms with Crippen molar-refractivity contribution in [2.24, 2.45) is 0 Å². The normalized spacial score (nSPS) is 17.2. The molecule has 0 fully saturated rings. The third kappa shape index (κ3) is 2.09. The minimum absolute atomic E-state index is 0.0608. The maximum atomic E-state index is 12.2. The summed E-state index contributed by atoms with van der Waals surface area (Å²) in [6.45, 7) is 0. The second-order valence-electron chi connectivity index (χ2n) is 4.67. The molecule has 1 aliphatic rings. The van der Waals surface area contributed by atoms with Crippen molar-refractivity contribution >= 4 is 5.78 Å². The first-order chi connectivity index (χ1) is 9.69. The fraction of sp³-hybridized carbons (Fsp3) is 0.188. The smallest absolute Gasteiger partial charge is 0.172 e. The van der Waals surface area contributed by atoms with Gasteiger partial charge in [0.05, 0.1) is 19.1 Å². The fourth-order valence-electron chi connectivity index (χ4n) is 2.35. The van der Waals surface area contributed by atoms with Gasteiger partial charge in [-0.1, -0.05) is 30.3 Å². The lowest BCUT2D eigenvalue weighted by Crippen LogP contribution is -2.20. The van der Waals surface area contributed by atoms with E-state index in [4.69, 9.17) is 9.47 Å². The molecule has 2 aromatic rings. The predicted octanol–water partition coefficient (Wildman–Crippen LogP) is 3.11. The minimum Gasteiger partial charge on any atom is -0.504 e. The molecule has 0 radical (unpaired) electrons. The van der Waals surface area contributed by atoms with Crippen molar-refractivity contribution in [2.45, 2.75) is 12.5 Å². The van der Waals surface area contributed by atoms with Crippen molar-refractivity contribution in [3.05, 3.63) is 53.6 Å². The topological polar surface area (TPSA) is 55.8 Å². The van der Waals surface area contributed by atoms with E-state index in [0.717, 1.165) is 5.56 Å². The first-order valence-corrected chi connectivity index (χ1v) is 6.35. The Morgan fingerprint density at radius 1 is 1.25 bits per heavy atom. The van der Waals surface area contributed by atoms with Crippen LogP contribution in [0, 0.1) is 0 Å². The Hall–Kier alpha value is -2.49. The molecule has 1 atom stereocenters. The molecule has 0 aliphatic carbocycles. The summed E-state index contributed by atoms with van der Waals surface area (Å²) in [6, 6.07) is 12.6. The lowest BCUT2D eigenvalue weighted by molar-refractivity contribution is 0.0841. The van der Waals surface area contributed by atoms with Gasteiger partial charge in [0, 0.05) is 6.07 Å². The number of ether oxygens (including phenoxy) is 2. The molecule has 4 nitrogen and oxygen atoms in total. The van der Waals surface area contributed by atoms with Crippen molar-refractivity contribution in [3.63, 3.8) is 0 Å². The van der Waals surface area contributed by atoms with Gasteiger partial charge in [-0.3, -0.25) is 4.79 Å². The number of methoxy groups -OCH3 is 1. The van der Waals surface area contributed by atoms with E-state index in [-0.39, 0.29) is 29.8 Å². The summed E-state index contributed by atoms with van der Waals surface area (Å²) in [5.41, 5.74) is 1.29. The van der Waals surface area contributed by atoms with Gasteiger partial charge >= 0.3 is 0 Å². The maximum absolute atomic E-state index is 12.2. The Labute approximate surface area is 116 Å². The SMILES string of the molecule is COc1cc(O)c2c(c1)C(=O)CC(c1ccccc1)O2. The highest BCUT2D eigenvalue weighted by atomic mass is 16.5. The van der Waals surface area contributed by atoms with Gasteiger partial charge in [-0.25, -0.2) is 0 Å². The number of phenolic OH excluding ortho intramolecular Hbond substituents is 1. The van der Waals surface area contributed by atoms with Crippen LogP contribution in [0.4, 0.5) is 0 Å². The van der Waals surface area contributed by atoms with Gasteiger partial charge in [-0.05, 0) is 11.6 Å². The number of aromatic hydroxyl groups is 1. The molecule has 4 heteroatoms. The molecule has 0 saturated carbocycles. The Bertz CT molecular complexity index is 649. The summed E-state index contributed by atoms with van der Waals surface area (Å²) < 4.78 is 10.8. The van der Waals surface area contributed by atoms with Gasteiger partial charge < -0.3 is 14.6 Å². The van der Waals surface area contributed by atoms with Crippen LogP contribution in [0.25, 0.3) is 0 Å². The number of carbonyl (C=O) groups excluding carboxylic acids is 1. The predicted molar refractivity (Wildman–Crippen MR) is 73.4 cm³/mol. The number of fused-ring (bicyclic) bond motifs is 1. The molecule has 1 heterocycles. The molecule has 3 rings (SSSR count). The Balaban J connectivity index is 2.01. The molecular formula is C16H14O4. The molecule has 1 unspecified atom stereocenters. The number of hydrogen-bond acceptors (Lipinski definition) is 4. The van der Waals surface area contributed by atoms with Gasteiger partial charge in [0.1, 0.15) is 11.9 Å².